The summed E-state index contributed by atoms with van der Waals surface area (Å²) in [5.74, 6) is 0.586. The predicted molar refractivity (Wildman–Crippen MR) is 114 cm³/mol. The first-order chi connectivity index (χ1) is 13.6. The Hall–Kier alpha value is -2.75. The molecule has 9 heteroatoms. The molecule has 5 rings (SSSR count). The fourth-order valence-electron chi connectivity index (χ4n) is 3.06. The summed E-state index contributed by atoms with van der Waals surface area (Å²) in [6, 6.07) is 14.4. The second-order valence-electron chi connectivity index (χ2n) is 6.12. The zero-order valence-electron chi connectivity index (χ0n) is 14.2. The predicted octanol–water partition coefficient (Wildman–Crippen LogP) is 5.79. The van der Waals surface area contributed by atoms with Gasteiger partial charge in [0.15, 0.2) is 5.13 Å². The highest BCUT2D eigenvalue weighted by molar-refractivity contribution is 7.98. The lowest BCUT2D eigenvalue weighted by Gasteiger charge is -2.13. The highest BCUT2D eigenvalue weighted by atomic mass is 32.2. The SMILES string of the molecule is O=C(Nc1nc2c(s1)CSc1ccccc1-2)c1cc2cc([N+](=O)[O-])ccc2s1. The van der Waals surface area contributed by atoms with E-state index in [4.69, 9.17) is 0 Å². The molecule has 3 heterocycles. The lowest BCUT2D eigenvalue weighted by atomic mass is 10.1. The molecule has 0 saturated carbocycles. The van der Waals surface area contributed by atoms with Gasteiger partial charge in [-0.05, 0) is 18.2 Å². The first-order valence-corrected chi connectivity index (χ1v) is 10.9. The van der Waals surface area contributed by atoms with Gasteiger partial charge < -0.3 is 0 Å². The number of fused-ring (bicyclic) bond motifs is 4. The third kappa shape index (κ3) is 2.97. The molecule has 0 unspecified atom stereocenters. The number of nitro benzene ring substituents is 1. The summed E-state index contributed by atoms with van der Waals surface area (Å²) in [6.07, 6.45) is 0. The maximum atomic E-state index is 12.7. The van der Waals surface area contributed by atoms with Crippen LogP contribution < -0.4 is 5.32 Å². The molecule has 0 saturated heterocycles. The van der Waals surface area contributed by atoms with Crippen LogP contribution in [-0.4, -0.2) is 15.8 Å². The summed E-state index contributed by atoms with van der Waals surface area (Å²) in [7, 11) is 0. The Balaban J connectivity index is 1.43. The zero-order valence-corrected chi connectivity index (χ0v) is 16.6. The monoisotopic (exact) mass is 425 g/mol. The topological polar surface area (TPSA) is 85.1 Å². The van der Waals surface area contributed by atoms with Crippen molar-refractivity contribution in [3.05, 3.63) is 68.4 Å². The summed E-state index contributed by atoms with van der Waals surface area (Å²) in [5.41, 5.74) is 2.04. The average Bonchev–Trinajstić information content (AvgIpc) is 3.31. The van der Waals surface area contributed by atoms with Crippen LogP contribution in [0.5, 0.6) is 0 Å². The number of nitro groups is 1. The van der Waals surface area contributed by atoms with E-state index >= 15 is 0 Å². The molecule has 0 aliphatic carbocycles. The highest BCUT2D eigenvalue weighted by Crippen LogP contribution is 2.44. The van der Waals surface area contributed by atoms with Crippen LogP contribution in [0, 0.1) is 10.1 Å². The number of aromatic nitrogens is 1. The second-order valence-corrected chi connectivity index (χ2v) is 9.30. The average molecular weight is 426 g/mol. The third-order valence-corrected chi connectivity index (χ3v) is 7.72. The van der Waals surface area contributed by atoms with Crippen molar-refractivity contribution in [3.63, 3.8) is 0 Å². The Kier molecular flexibility index (Phi) is 4.15. The highest BCUT2D eigenvalue weighted by Gasteiger charge is 2.22. The van der Waals surface area contributed by atoms with E-state index in [1.54, 1.807) is 23.9 Å². The number of thiophene rings is 1. The standard InChI is InChI=1S/C19H11N3O3S3/c23-18(15-8-10-7-11(22(24)25)5-6-13(10)27-15)21-19-20-17-12-3-1-2-4-14(12)26-9-16(17)28-19/h1-8H,9H2,(H,20,21,23). The molecule has 138 valence electrons. The van der Waals surface area contributed by atoms with E-state index in [2.05, 4.69) is 16.4 Å². The van der Waals surface area contributed by atoms with Crippen LogP contribution in [0.2, 0.25) is 0 Å². The van der Waals surface area contributed by atoms with E-state index in [1.165, 1.54) is 39.7 Å². The van der Waals surface area contributed by atoms with Crippen molar-refractivity contribution in [1.82, 2.24) is 4.98 Å². The number of carbonyl (C=O) groups excluding carboxylic acids is 1. The molecule has 2 aromatic carbocycles. The van der Waals surface area contributed by atoms with Crippen LogP contribution in [0.25, 0.3) is 21.3 Å². The van der Waals surface area contributed by atoms with E-state index < -0.39 is 4.92 Å². The number of benzene rings is 2. The van der Waals surface area contributed by atoms with E-state index in [9.17, 15) is 14.9 Å². The van der Waals surface area contributed by atoms with Gasteiger partial charge in [0.05, 0.1) is 15.5 Å². The van der Waals surface area contributed by atoms with Gasteiger partial charge in [0.25, 0.3) is 11.6 Å². The Bertz CT molecular complexity index is 1260. The molecule has 28 heavy (non-hydrogen) atoms. The second kappa shape index (κ2) is 6.69. The molecular weight excluding hydrogens is 414 g/mol. The lowest BCUT2D eigenvalue weighted by molar-refractivity contribution is -0.384. The molecule has 6 nitrogen and oxygen atoms in total. The van der Waals surface area contributed by atoms with Crippen LogP contribution >= 0.6 is 34.4 Å². The van der Waals surface area contributed by atoms with Crippen molar-refractivity contribution >= 4 is 61.2 Å². The maximum absolute atomic E-state index is 12.7. The molecule has 0 fully saturated rings. The molecule has 0 atom stereocenters. The van der Waals surface area contributed by atoms with Crippen LogP contribution in [0.3, 0.4) is 0 Å². The van der Waals surface area contributed by atoms with Crippen molar-refractivity contribution in [2.45, 2.75) is 10.6 Å². The fraction of sp³-hybridized carbons (Fsp3) is 0.0526. The molecular formula is C19H11N3O3S3. The number of carbonyl (C=O) groups is 1. The summed E-state index contributed by atoms with van der Waals surface area (Å²) in [5, 5.41) is 15.1. The Morgan fingerprint density at radius 1 is 1.14 bits per heavy atom. The number of anilines is 1. The number of amides is 1. The number of hydrogen-bond donors (Lipinski definition) is 1. The van der Waals surface area contributed by atoms with Crippen molar-refractivity contribution in [2.24, 2.45) is 0 Å². The van der Waals surface area contributed by atoms with Gasteiger partial charge in [0.2, 0.25) is 0 Å². The number of non-ortho nitro benzene ring substituents is 1. The Morgan fingerprint density at radius 2 is 2.00 bits per heavy atom. The number of nitrogens with one attached hydrogen (secondary N) is 1. The minimum atomic E-state index is -0.438. The normalized spacial score (nSPS) is 12.4. The molecule has 1 amide bonds. The summed E-state index contributed by atoms with van der Waals surface area (Å²) in [4.78, 5) is 30.7. The van der Waals surface area contributed by atoms with E-state index in [0.717, 1.165) is 26.6 Å². The molecule has 0 radical (unpaired) electrons. The smallest absolute Gasteiger partial charge is 0.270 e. The molecule has 0 bridgehead atoms. The third-order valence-electron chi connectivity index (χ3n) is 4.35. The molecule has 1 aliphatic heterocycles. The summed E-state index contributed by atoms with van der Waals surface area (Å²) in [6.45, 7) is 0. The minimum Gasteiger partial charge on any atom is -0.297 e. The minimum absolute atomic E-state index is 0.0148. The maximum Gasteiger partial charge on any atom is 0.270 e. The summed E-state index contributed by atoms with van der Waals surface area (Å²) >= 11 is 4.56. The largest absolute Gasteiger partial charge is 0.297 e. The molecule has 0 spiro atoms. The number of hydrogen-bond acceptors (Lipinski definition) is 7. The van der Waals surface area contributed by atoms with E-state index in [-0.39, 0.29) is 11.6 Å². The van der Waals surface area contributed by atoms with Crippen molar-refractivity contribution in [2.75, 3.05) is 5.32 Å². The van der Waals surface area contributed by atoms with Crippen LogP contribution in [0.4, 0.5) is 10.8 Å². The van der Waals surface area contributed by atoms with Crippen LogP contribution in [0.15, 0.2) is 53.4 Å². The van der Waals surface area contributed by atoms with E-state index in [1.807, 2.05) is 18.2 Å². The van der Waals surface area contributed by atoms with Crippen LogP contribution in [-0.2, 0) is 5.75 Å². The van der Waals surface area contributed by atoms with Crippen molar-refractivity contribution in [3.8, 4) is 11.3 Å². The number of nitrogens with zero attached hydrogens (tertiary/aromatic N) is 2. The molecule has 1 N–H and O–H groups in total. The van der Waals surface area contributed by atoms with Gasteiger partial charge in [-0.25, -0.2) is 4.98 Å². The first-order valence-electron chi connectivity index (χ1n) is 8.30. The van der Waals surface area contributed by atoms with Crippen molar-refractivity contribution < 1.29 is 9.72 Å². The first kappa shape index (κ1) is 17.4. The van der Waals surface area contributed by atoms with Gasteiger partial charge in [-0.2, -0.15) is 0 Å². The quantitative estimate of drug-likeness (QED) is 0.332. The fourth-order valence-corrected chi connectivity index (χ4v) is 6.10. The zero-order chi connectivity index (χ0) is 19.3. The van der Waals surface area contributed by atoms with Gasteiger partial charge in [-0.1, -0.05) is 18.2 Å². The Morgan fingerprint density at radius 3 is 2.86 bits per heavy atom. The Labute approximate surface area is 171 Å². The molecule has 4 aromatic rings. The molecule has 2 aromatic heterocycles. The van der Waals surface area contributed by atoms with Crippen LogP contribution in [0.1, 0.15) is 14.5 Å². The number of thiazole rings is 1. The van der Waals surface area contributed by atoms with Gasteiger partial charge >= 0.3 is 0 Å². The van der Waals surface area contributed by atoms with Crippen molar-refractivity contribution in [1.29, 1.82) is 0 Å². The summed E-state index contributed by atoms with van der Waals surface area (Å²) < 4.78 is 0.833. The van der Waals surface area contributed by atoms with Gasteiger partial charge in [-0.15, -0.1) is 34.4 Å². The van der Waals surface area contributed by atoms with Gasteiger partial charge in [-0.3, -0.25) is 20.2 Å². The molecule has 1 aliphatic rings. The van der Waals surface area contributed by atoms with E-state index in [0.29, 0.717) is 15.4 Å². The lowest BCUT2D eigenvalue weighted by Crippen LogP contribution is -2.09. The number of rotatable bonds is 3. The van der Waals surface area contributed by atoms with Gasteiger partial charge in [0.1, 0.15) is 0 Å². The van der Waals surface area contributed by atoms with Gasteiger partial charge in [0, 0.05) is 43.3 Å². The number of thioether (sulfide) groups is 1.